The van der Waals surface area contributed by atoms with Crippen molar-refractivity contribution >= 4 is 11.9 Å². The number of aliphatic carboxylic acids is 1. The minimum Gasteiger partial charge on any atom is -0.491 e. The zero-order valence-corrected chi connectivity index (χ0v) is 16.2. The van der Waals surface area contributed by atoms with Gasteiger partial charge in [-0.3, -0.25) is 9.59 Å². The second-order valence-electron chi connectivity index (χ2n) is 6.53. The topological polar surface area (TPSA) is 97.5 Å². The predicted octanol–water partition coefficient (Wildman–Crippen LogP) is 2.55. The molecule has 27 heavy (non-hydrogen) atoms. The number of hydrogen-bond donors (Lipinski definition) is 1. The van der Waals surface area contributed by atoms with E-state index in [0.717, 1.165) is 11.4 Å². The third kappa shape index (κ3) is 5.29. The number of ether oxygens (including phenoxy) is 1. The smallest absolute Gasteiger partial charge is 0.303 e. The van der Waals surface area contributed by atoms with Gasteiger partial charge in [0.2, 0.25) is 0 Å². The van der Waals surface area contributed by atoms with Crippen LogP contribution in [-0.2, 0) is 11.2 Å². The highest BCUT2D eigenvalue weighted by Gasteiger charge is 2.22. The lowest BCUT2D eigenvalue weighted by Gasteiger charge is -2.16. The lowest BCUT2D eigenvalue weighted by Crippen LogP contribution is -2.29. The Morgan fingerprint density at radius 3 is 2.48 bits per heavy atom. The summed E-state index contributed by atoms with van der Waals surface area (Å²) in [6, 6.07) is 7.46. The molecule has 1 N–H and O–H groups in total. The van der Waals surface area contributed by atoms with Gasteiger partial charge in [-0.25, -0.2) is 4.68 Å². The highest BCUT2D eigenvalue weighted by Crippen LogP contribution is 2.19. The third-order valence-corrected chi connectivity index (χ3v) is 3.98. The van der Waals surface area contributed by atoms with Crippen molar-refractivity contribution in [3.8, 4) is 11.4 Å². The molecule has 0 unspecified atom stereocenters. The van der Waals surface area contributed by atoms with Crippen LogP contribution in [0.4, 0.5) is 0 Å². The van der Waals surface area contributed by atoms with Crippen LogP contribution < -0.4 is 4.74 Å². The minimum absolute atomic E-state index is 0.0236. The van der Waals surface area contributed by atoms with Crippen LogP contribution in [0.3, 0.4) is 0 Å². The summed E-state index contributed by atoms with van der Waals surface area (Å²) >= 11 is 0. The Kier molecular flexibility index (Phi) is 6.92. The molecular weight excluding hydrogens is 348 g/mol. The van der Waals surface area contributed by atoms with Gasteiger partial charge in [0.05, 0.1) is 17.5 Å². The summed E-state index contributed by atoms with van der Waals surface area (Å²) in [5, 5.41) is 16.9. The summed E-state index contributed by atoms with van der Waals surface area (Å²) in [5.41, 5.74) is 1.79. The van der Waals surface area contributed by atoms with Crippen molar-refractivity contribution in [1.29, 1.82) is 0 Å². The normalized spacial score (nSPS) is 10.9. The molecule has 0 aliphatic heterocycles. The highest BCUT2D eigenvalue weighted by molar-refractivity contribution is 5.93. The number of carboxylic acid groups (broad SMARTS) is 1. The molecule has 0 saturated carbocycles. The van der Waals surface area contributed by atoms with E-state index in [0.29, 0.717) is 25.1 Å². The number of carbonyl (C=O) groups is 2. The molecule has 1 heterocycles. The molecular formula is C19H26N4O4. The molecule has 0 aliphatic carbocycles. The fourth-order valence-electron chi connectivity index (χ4n) is 2.68. The molecule has 0 aliphatic rings. The number of rotatable bonds is 9. The van der Waals surface area contributed by atoms with Gasteiger partial charge in [0.15, 0.2) is 5.69 Å². The molecule has 2 aromatic rings. The molecule has 0 bridgehead atoms. The molecule has 1 aromatic heterocycles. The first-order valence-electron chi connectivity index (χ1n) is 9.02. The van der Waals surface area contributed by atoms with Crippen LogP contribution >= 0.6 is 0 Å². The molecule has 8 nitrogen and oxygen atoms in total. The second-order valence-corrected chi connectivity index (χ2v) is 6.53. The van der Waals surface area contributed by atoms with Gasteiger partial charge in [-0.05, 0) is 51.0 Å². The van der Waals surface area contributed by atoms with Gasteiger partial charge in [0.25, 0.3) is 5.91 Å². The molecule has 2 rings (SSSR count). The van der Waals surface area contributed by atoms with Crippen LogP contribution in [0.25, 0.3) is 5.69 Å². The van der Waals surface area contributed by atoms with Gasteiger partial charge >= 0.3 is 5.97 Å². The van der Waals surface area contributed by atoms with E-state index < -0.39 is 5.97 Å². The van der Waals surface area contributed by atoms with E-state index in [-0.39, 0.29) is 24.1 Å². The Morgan fingerprint density at radius 1 is 1.26 bits per heavy atom. The van der Waals surface area contributed by atoms with Crippen LogP contribution in [0.15, 0.2) is 24.3 Å². The van der Waals surface area contributed by atoms with Crippen molar-refractivity contribution in [3.63, 3.8) is 0 Å². The molecule has 0 atom stereocenters. The molecule has 0 fully saturated rings. The van der Waals surface area contributed by atoms with Gasteiger partial charge in [0.1, 0.15) is 5.75 Å². The van der Waals surface area contributed by atoms with E-state index in [4.69, 9.17) is 9.84 Å². The zero-order chi connectivity index (χ0) is 20.0. The van der Waals surface area contributed by atoms with Crippen molar-refractivity contribution in [2.75, 3.05) is 13.6 Å². The van der Waals surface area contributed by atoms with E-state index in [1.165, 1.54) is 4.90 Å². The summed E-state index contributed by atoms with van der Waals surface area (Å²) in [4.78, 5) is 24.8. The maximum atomic E-state index is 12.7. The quantitative estimate of drug-likeness (QED) is 0.724. The van der Waals surface area contributed by atoms with Crippen LogP contribution in [0.2, 0.25) is 0 Å². The lowest BCUT2D eigenvalue weighted by atomic mass is 10.2. The van der Waals surface area contributed by atoms with Crippen molar-refractivity contribution in [2.45, 2.75) is 46.1 Å². The van der Waals surface area contributed by atoms with Crippen LogP contribution in [0.1, 0.15) is 49.8 Å². The maximum Gasteiger partial charge on any atom is 0.303 e. The second kappa shape index (κ2) is 9.16. The number of nitrogens with zero attached hydrogens (tertiary/aromatic N) is 4. The van der Waals surface area contributed by atoms with Gasteiger partial charge in [-0.2, -0.15) is 0 Å². The Labute approximate surface area is 158 Å². The van der Waals surface area contributed by atoms with E-state index in [1.807, 2.05) is 45.0 Å². The highest BCUT2D eigenvalue weighted by atomic mass is 16.5. The van der Waals surface area contributed by atoms with Crippen molar-refractivity contribution in [1.82, 2.24) is 19.9 Å². The van der Waals surface area contributed by atoms with Gasteiger partial charge in [-0.15, -0.1) is 5.10 Å². The molecule has 0 spiro atoms. The summed E-state index contributed by atoms with van der Waals surface area (Å²) < 4.78 is 7.29. The molecule has 146 valence electrons. The summed E-state index contributed by atoms with van der Waals surface area (Å²) in [6.45, 7) is 6.21. The Morgan fingerprint density at radius 2 is 1.93 bits per heavy atom. The van der Waals surface area contributed by atoms with Gasteiger partial charge in [0, 0.05) is 20.0 Å². The first-order chi connectivity index (χ1) is 12.8. The van der Waals surface area contributed by atoms with Crippen LogP contribution in [-0.4, -0.2) is 56.6 Å². The average Bonchev–Trinajstić information content (AvgIpc) is 3.04. The van der Waals surface area contributed by atoms with Crippen LogP contribution in [0, 0.1) is 0 Å². The SMILES string of the molecule is CCc1c(C(=O)N(C)CCCC(=O)O)nnn1-c1ccc(OC(C)C)cc1. The number of benzene rings is 1. The summed E-state index contributed by atoms with van der Waals surface area (Å²) in [5.74, 6) is -0.370. The van der Waals surface area contributed by atoms with Gasteiger partial charge < -0.3 is 14.7 Å². The Bertz CT molecular complexity index is 784. The zero-order valence-electron chi connectivity index (χ0n) is 16.2. The maximum absolute atomic E-state index is 12.7. The monoisotopic (exact) mass is 374 g/mol. The molecule has 1 aromatic carbocycles. The predicted molar refractivity (Wildman–Crippen MR) is 100 cm³/mol. The fourth-order valence-corrected chi connectivity index (χ4v) is 2.68. The standard InChI is InChI=1S/C19H26N4O4/c1-5-16-18(19(26)22(4)12-6-7-17(24)25)20-21-23(16)14-8-10-15(11-9-14)27-13(2)3/h8-11,13H,5-7,12H2,1-4H3,(H,24,25). The summed E-state index contributed by atoms with van der Waals surface area (Å²) in [6.07, 6.45) is 1.09. The first kappa shape index (κ1) is 20.4. The van der Waals surface area contributed by atoms with E-state index in [1.54, 1.807) is 11.7 Å². The minimum atomic E-state index is -0.874. The summed E-state index contributed by atoms with van der Waals surface area (Å²) in [7, 11) is 1.64. The number of hydrogen-bond acceptors (Lipinski definition) is 5. The largest absolute Gasteiger partial charge is 0.491 e. The van der Waals surface area contributed by atoms with E-state index >= 15 is 0 Å². The Balaban J connectivity index is 2.18. The van der Waals surface area contributed by atoms with Crippen molar-refractivity contribution < 1.29 is 19.4 Å². The Hall–Kier alpha value is -2.90. The lowest BCUT2D eigenvalue weighted by molar-refractivity contribution is -0.137. The van der Waals surface area contributed by atoms with Crippen molar-refractivity contribution in [2.24, 2.45) is 0 Å². The number of carboxylic acids is 1. The third-order valence-electron chi connectivity index (χ3n) is 3.98. The molecule has 0 radical (unpaired) electrons. The van der Waals surface area contributed by atoms with Gasteiger partial charge in [-0.1, -0.05) is 12.1 Å². The fraction of sp³-hybridized carbons (Fsp3) is 0.474. The molecule has 0 saturated heterocycles. The van der Waals surface area contributed by atoms with E-state index in [9.17, 15) is 9.59 Å². The number of amides is 1. The number of carbonyl (C=O) groups excluding carboxylic acids is 1. The van der Waals surface area contributed by atoms with Crippen LogP contribution in [0.5, 0.6) is 5.75 Å². The average molecular weight is 374 g/mol. The van der Waals surface area contributed by atoms with E-state index in [2.05, 4.69) is 10.3 Å². The molecule has 1 amide bonds. The molecule has 8 heteroatoms. The number of aromatic nitrogens is 3. The first-order valence-corrected chi connectivity index (χ1v) is 9.02. The van der Waals surface area contributed by atoms with Crippen molar-refractivity contribution in [3.05, 3.63) is 35.7 Å².